The van der Waals surface area contributed by atoms with E-state index in [2.05, 4.69) is 25.2 Å². The molecule has 4 unspecified atom stereocenters. The number of alkyl halides is 1. The summed E-state index contributed by atoms with van der Waals surface area (Å²) in [4.78, 5) is 32.1. The lowest BCUT2D eigenvalue weighted by molar-refractivity contribution is -0.125. The van der Waals surface area contributed by atoms with Gasteiger partial charge in [-0.1, -0.05) is 49.7 Å². The second-order valence-corrected chi connectivity index (χ2v) is 13.8. The number of hydrogen-bond donors (Lipinski definition) is 1. The van der Waals surface area contributed by atoms with Gasteiger partial charge in [0.15, 0.2) is 5.82 Å². The van der Waals surface area contributed by atoms with Gasteiger partial charge in [-0.15, -0.1) is 0 Å². The van der Waals surface area contributed by atoms with Gasteiger partial charge in [0.1, 0.15) is 29.0 Å². The van der Waals surface area contributed by atoms with Crippen LogP contribution in [0.25, 0.3) is 32.9 Å². The average molecular weight is 754 g/mol. The van der Waals surface area contributed by atoms with Crippen molar-refractivity contribution in [3.63, 3.8) is 0 Å². The van der Waals surface area contributed by atoms with Crippen LogP contribution in [0.1, 0.15) is 39.5 Å². The van der Waals surface area contributed by atoms with Gasteiger partial charge in [-0.25, -0.2) is 13.2 Å². The van der Waals surface area contributed by atoms with Gasteiger partial charge in [-0.2, -0.15) is 9.97 Å². The summed E-state index contributed by atoms with van der Waals surface area (Å²) in [5, 5.41) is 4.52. The predicted octanol–water partition coefficient (Wildman–Crippen LogP) is 6.59. The van der Waals surface area contributed by atoms with Crippen LogP contribution in [0.2, 0.25) is 5.02 Å². The Morgan fingerprint density at radius 2 is 1.96 bits per heavy atom. The number of benzene rings is 2. The SMILES string of the molecule is CC.COc1nc(N(C)C2CCN(C(=O)/C=C/C3CNCCO3)C2)c2cnc(-c3cccc4ccc(F)c(Cl)c34)c(F)c2n1.FC1CC2CCCN2C1. The summed E-state index contributed by atoms with van der Waals surface area (Å²) in [5.74, 6) is -0.978. The second kappa shape index (κ2) is 17.4. The summed E-state index contributed by atoms with van der Waals surface area (Å²) in [7, 11) is 3.25. The number of amides is 1. The van der Waals surface area contributed by atoms with Crippen molar-refractivity contribution >= 4 is 45.0 Å². The Morgan fingerprint density at radius 3 is 2.72 bits per heavy atom. The molecule has 4 aromatic rings. The lowest BCUT2D eigenvalue weighted by Gasteiger charge is -2.27. The van der Waals surface area contributed by atoms with E-state index in [1.807, 2.05) is 25.8 Å². The Labute approximate surface area is 313 Å². The number of nitrogens with zero attached hydrogens (tertiary/aromatic N) is 6. The molecule has 0 bridgehead atoms. The maximum atomic E-state index is 16.2. The maximum absolute atomic E-state index is 16.2. The quantitative estimate of drug-likeness (QED) is 0.219. The molecule has 284 valence electrons. The summed E-state index contributed by atoms with van der Waals surface area (Å²) >= 11 is 6.31. The van der Waals surface area contributed by atoms with E-state index in [1.54, 1.807) is 41.3 Å². The first-order chi connectivity index (χ1) is 25.7. The molecule has 53 heavy (non-hydrogen) atoms. The molecule has 4 aliphatic heterocycles. The van der Waals surface area contributed by atoms with Crippen molar-refractivity contribution in [2.75, 3.05) is 64.9 Å². The minimum Gasteiger partial charge on any atom is -0.467 e. The Hall–Kier alpha value is -4.04. The molecule has 10 nitrogen and oxygen atoms in total. The number of likely N-dealkylation sites (tertiary alicyclic amines) is 1. The van der Waals surface area contributed by atoms with Gasteiger partial charge < -0.3 is 24.6 Å². The van der Waals surface area contributed by atoms with Crippen molar-refractivity contribution in [3.8, 4) is 17.3 Å². The van der Waals surface area contributed by atoms with E-state index in [0.717, 1.165) is 19.5 Å². The third-order valence-electron chi connectivity index (χ3n) is 10.2. The van der Waals surface area contributed by atoms with Gasteiger partial charge in [0.25, 0.3) is 0 Å². The van der Waals surface area contributed by atoms with E-state index >= 15 is 4.39 Å². The molecule has 2 aromatic carbocycles. The highest BCUT2D eigenvalue weighted by atomic mass is 35.5. The molecular weight excluding hydrogens is 707 g/mol. The number of carbonyl (C=O) groups is 1. The molecule has 4 atom stereocenters. The Balaban J connectivity index is 0.000000374. The fourth-order valence-electron chi connectivity index (χ4n) is 7.54. The highest BCUT2D eigenvalue weighted by molar-refractivity contribution is 6.36. The number of aromatic nitrogens is 3. The first-order valence-electron chi connectivity index (χ1n) is 18.4. The summed E-state index contributed by atoms with van der Waals surface area (Å²) in [6.07, 6.45) is 8.24. The van der Waals surface area contributed by atoms with Crippen molar-refractivity contribution in [2.24, 2.45) is 0 Å². The summed E-state index contributed by atoms with van der Waals surface area (Å²) in [6.45, 7) is 8.98. The molecule has 0 radical (unpaired) electrons. The number of nitrogens with one attached hydrogen (secondary N) is 1. The maximum Gasteiger partial charge on any atom is 0.318 e. The lowest BCUT2D eigenvalue weighted by Crippen LogP contribution is -2.38. The number of methoxy groups -OCH3 is 1. The minimum atomic E-state index is -0.705. The Bertz CT molecular complexity index is 1930. The van der Waals surface area contributed by atoms with Gasteiger partial charge in [0.2, 0.25) is 5.91 Å². The first kappa shape index (κ1) is 38.7. The molecule has 0 spiro atoms. The number of hydrogen-bond acceptors (Lipinski definition) is 9. The van der Waals surface area contributed by atoms with Crippen molar-refractivity contribution in [3.05, 3.63) is 65.3 Å². The molecular formula is C39H47ClF3N7O3. The molecule has 2 aromatic heterocycles. The van der Waals surface area contributed by atoms with E-state index in [1.165, 1.54) is 32.2 Å². The summed E-state index contributed by atoms with van der Waals surface area (Å²) < 4.78 is 54.2. The van der Waals surface area contributed by atoms with Gasteiger partial charge >= 0.3 is 6.01 Å². The van der Waals surface area contributed by atoms with Gasteiger partial charge in [-0.3, -0.25) is 14.7 Å². The Morgan fingerprint density at radius 1 is 1.13 bits per heavy atom. The molecule has 8 rings (SSSR count). The van der Waals surface area contributed by atoms with Crippen LogP contribution in [-0.4, -0.2) is 115 Å². The standard InChI is InChI=1S/C30H29ClF2N6O3.C7H12FN.C2H6/c1-38(18-10-12-39(16-18)23(40)9-7-19-14-34-11-13-42-19)29-21-15-35-27(26(33)28(21)36-30(37-29)41-2)20-5-3-4-17-6-8-22(32)25(31)24(17)20;8-6-4-7-2-1-3-9(7)5-6;1-2/h3-9,15,18-19,34H,10-14,16H2,1-2H3;6-7H,1-5H2;1-2H3/b9-7+;;. The van der Waals surface area contributed by atoms with Crippen LogP contribution in [0.3, 0.4) is 0 Å². The van der Waals surface area contributed by atoms with Crippen LogP contribution in [0.4, 0.5) is 19.0 Å². The molecule has 4 saturated heterocycles. The number of rotatable bonds is 6. The largest absolute Gasteiger partial charge is 0.467 e. The van der Waals surface area contributed by atoms with Crippen LogP contribution in [0.15, 0.2) is 48.7 Å². The van der Waals surface area contributed by atoms with Crippen molar-refractivity contribution in [1.29, 1.82) is 0 Å². The van der Waals surface area contributed by atoms with Gasteiger partial charge in [-0.05, 0) is 49.8 Å². The monoisotopic (exact) mass is 753 g/mol. The van der Waals surface area contributed by atoms with E-state index in [0.29, 0.717) is 72.8 Å². The fourth-order valence-corrected chi connectivity index (χ4v) is 7.81. The van der Waals surface area contributed by atoms with Gasteiger partial charge in [0, 0.05) is 75.1 Å². The van der Waals surface area contributed by atoms with Crippen LogP contribution in [-0.2, 0) is 9.53 Å². The third-order valence-corrected chi connectivity index (χ3v) is 10.6. The average Bonchev–Trinajstić information content (AvgIpc) is 3.94. The number of likely N-dealkylation sites (N-methyl/N-ethyl adjacent to an activating group) is 1. The molecule has 1 amide bonds. The predicted molar refractivity (Wildman–Crippen MR) is 202 cm³/mol. The van der Waals surface area contributed by atoms with Crippen LogP contribution in [0, 0.1) is 11.6 Å². The number of carbonyl (C=O) groups excluding carboxylic acids is 1. The van der Waals surface area contributed by atoms with E-state index < -0.39 is 17.8 Å². The number of anilines is 1. The number of morpholine rings is 1. The molecule has 4 fully saturated rings. The molecule has 0 aliphatic carbocycles. The van der Waals surface area contributed by atoms with Crippen LogP contribution in [0.5, 0.6) is 6.01 Å². The van der Waals surface area contributed by atoms with Gasteiger partial charge in [0.05, 0.1) is 30.2 Å². The van der Waals surface area contributed by atoms with E-state index in [9.17, 15) is 13.6 Å². The number of fused-ring (bicyclic) bond motifs is 3. The number of ether oxygens (including phenoxy) is 2. The number of halogens is 4. The highest BCUT2D eigenvalue weighted by Crippen LogP contribution is 2.38. The zero-order valence-corrected chi connectivity index (χ0v) is 31.4. The van der Waals surface area contributed by atoms with Crippen molar-refractivity contribution < 1.29 is 27.4 Å². The molecule has 1 N–H and O–H groups in total. The molecule has 14 heteroatoms. The van der Waals surface area contributed by atoms with Crippen molar-refractivity contribution in [2.45, 2.75) is 63.9 Å². The first-order valence-corrected chi connectivity index (χ1v) is 18.8. The summed E-state index contributed by atoms with van der Waals surface area (Å²) in [5.41, 5.74) is 0.334. The van der Waals surface area contributed by atoms with E-state index in [4.69, 9.17) is 21.1 Å². The number of pyridine rings is 1. The second-order valence-electron chi connectivity index (χ2n) is 13.4. The minimum absolute atomic E-state index is 0.00758. The fraction of sp³-hybridized carbons (Fsp3) is 0.487. The normalized spacial score (nSPS) is 22.8. The lowest BCUT2D eigenvalue weighted by atomic mass is 10.0. The molecule has 6 heterocycles. The topological polar surface area (TPSA) is 96.0 Å². The molecule has 4 aliphatic rings. The zero-order chi connectivity index (χ0) is 37.6. The smallest absolute Gasteiger partial charge is 0.318 e. The third kappa shape index (κ3) is 8.38. The van der Waals surface area contributed by atoms with Crippen LogP contribution >= 0.6 is 11.6 Å². The van der Waals surface area contributed by atoms with E-state index in [-0.39, 0.29) is 40.3 Å². The zero-order valence-electron chi connectivity index (χ0n) is 30.6. The Kier molecular flexibility index (Phi) is 12.7. The highest BCUT2D eigenvalue weighted by Gasteiger charge is 2.35. The summed E-state index contributed by atoms with van der Waals surface area (Å²) in [6, 6.07) is 8.52. The molecule has 0 saturated carbocycles. The van der Waals surface area contributed by atoms with Crippen LogP contribution < -0.4 is 15.0 Å². The van der Waals surface area contributed by atoms with Crippen molar-refractivity contribution in [1.82, 2.24) is 30.1 Å².